The number of rotatable bonds is 3. The van der Waals surface area contributed by atoms with Gasteiger partial charge >= 0.3 is 9.33 Å². The first-order chi connectivity index (χ1) is 5.97. The molecule has 0 aliphatic rings. The van der Waals surface area contributed by atoms with Crippen LogP contribution >= 0.6 is 10.7 Å². The summed E-state index contributed by atoms with van der Waals surface area (Å²) in [7, 11) is 0.830. The van der Waals surface area contributed by atoms with Crippen LogP contribution in [-0.4, -0.2) is 8.42 Å². The molecular weight excluding hydrogens is 214 g/mol. The predicted molar refractivity (Wildman–Crippen MR) is 50.7 cm³/mol. The molecular formula is C7H8ClNO3S. The number of aryl methyl sites for hydroxylation is 1. The summed E-state index contributed by atoms with van der Waals surface area (Å²) in [5.41, 5.74) is 3.78. The van der Waals surface area contributed by atoms with Gasteiger partial charge in [0.15, 0.2) is 0 Å². The molecule has 1 aromatic rings. The molecule has 0 spiro atoms. The highest BCUT2D eigenvalue weighted by Crippen LogP contribution is 2.10. The van der Waals surface area contributed by atoms with Crippen LogP contribution in [0.15, 0.2) is 24.3 Å². The third-order valence-corrected chi connectivity index (χ3v) is 1.78. The van der Waals surface area contributed by atoms with Gasteiger partial charge in [0.2, 0.25) is 0 Å². The standard InChI is InChI=1S/C7H8ClNO3S/c1-6-2-4-7(5-3-6)9-12-13(8,10)11/h2-5,9H,1H3. The molecule has 0 saturated heterocycles. The van der Waals surface area contributed by atoms with Crippen molar-refractivity contribution < 1.29 is 12.7 Å². The van der Waals surface area contributed by atoms with Crippen molar-refractivity contribution in [2.45, 2.75) is 6.92 Å². The van der Waals surface area contributed by atoms with E-state index in [1.165, 1.54) is 0 Å². The van der Waals surface area contributed by atoms with Gasteiger partial charge in [-0.1, -0.05) is 17.7 Å². The molecule has 0 saturated carbocycles. The summed E-state index contributed by atoms with van der Waals surface area (Å²) in [5.74, 6) is 0. The van der Waals surface area contributed by atoms with Crippen molar-refractivity contribution in [3.63, 3.8) is 0 Å². The average Bonchev–Trinajstić information content (AvgIpc) is 2.02. The Kier molecular flexibility index (Phi) is 3.13. The lowest BCUT2D eigenvalue weighted by Gasteiger charge is -2.02. The number of halogens is 1. The summed E-state index contributed by atoms with van der Waals surface area (Å²) in [5, 5.41) is 0. The molecule has 1 rings (SSSR count). The van der Waals surface area contributed by atoms with Gasteiger partial charge in [-0.3, -0.25) is 0 Å². The molecule has 0 fully saturated rings. The second kappa shape index (κ2) is 3.95. The maximum Gasteiger partial charge on any atom is 0.376 e. The summed E-state index contributed by atoms with van der Waals surface area (Å²) >= 11 is 0. The molecule has 1 aromatic carbocycles. The summed E-state index contributed by atoms with van der Waals surface area (Å²) in [4.78, 5) is 0. The minimum Gasteiger partial charge on any atom is -0.248 e. The molecule has 0 radical (unpaired) electrons. The summed E-state index contributed by atoms with van der Waals surface area (Å²) in [6.07, 6.45) is 0. The Hall–Kier alpha value is -0.780. The van der Waals surface area contributed by atoms with Gasteiger partial charge in [0.05, 0.1) is 16.4 Å². The molecule has 0 amide bonds. The van der Waals surface area contributed by atoms with E-state index in [1.807, 2.05) is 19.1 Å². The van der Waals surface area contributed by atoms with Gasteiger partial charge in [-0.05, 0) is 19.1 Å². The zero-order valence-electron chi connectivity index (χ0n) is 6.82. The van der Waals surface area contributed by atoms with E-state index in [4.69, 9.17) is 10.7 Å². The van der Waals surface area contributed by atoms with Crippen LogP contribution in [0.3, 0.4) is 0 Å². The van der Waals surface area contributed by atoms with Gasteiger partial charge in [-0.2, -0.15) is 8.42 Å². The Morgan fingerprint density at radius 2 is 1.85 bits per heavy atom. The van der Waals surface area contributed by atoms with Gasteiger partial charge in [-0.25, -0.2) is 5.48 Å². The van der Waals surface area contributed by atoms with Gasteiger partial charge in [0.1, 0.15) is 0 Å². The van der Waals surface area contributed by atoms with E-state index in [9.17, 15) is 8.42 Å². The van der Waals surface area contributed by atoms with Crippen molar-refractivity contribution in [1.82, 2.24) is 0 Å². The molecule has 0 aromatic heterocycles. The van der Waals surface area contributed by atoms with E-state index in [0.29, 0.717) is 5.69 Å². The lowest BCUT2D eigenvalue weighted by molar-refractivity contribution is 0.404. The molecule has 1 N–H and O–H groups in total. The fourth-order valence-corrected chi connectivity index (χ4v) is 1.01. The number of hydrogen-bond donors (Lipinski definition) is 1. The lowest BCUT2D eigenvalue weighted by Crippen LogP contribution is -2.04. The van der Waals surface area contributed by atoms with E-state index in [-0.39, 0.29) is 0 Å². The van der Waals surface area contributed by atoms with E-state index < -0.39 is 9.33 Å². The van der Waals surface area contributed by atoms with E-state index in [1.54, 1.807) is 12.1 Å². The quantitative estimate of drug-likeness (QED) is 0.625. The van der Waals surface area contributed by atoms with Crippen molar-refractivity contribution in [2.75, 3.05) is 5.48 Å². The van der Waals surface area contributed by atoms with Crippen LogP contribution in [0.1, 0.15) is 5.56 Å². The van der Waals surface area contributed by atoms with Gasteiger partial charge < -0.3 is 0 Å². The topological polar surface area (TPSA) is 55.4 Å². The maximum absolute atomic E-state index is 10.4. The molecule has 0 aliphatic carbocycles. The van der Waals surface area contributed by atoms with Crippen LogP contribution in [0.5, 0.6) is 0 Å². The molecule has 0 bridgehead atoms. The molecule has 72 valence electrons. The highest BCUT2D eigenvalue weighted by Gasteiger charge is 2.04. The molecule has 0 atom stereocenters. The van der Waals surface area contributed by atoms with Crippen LogP contribution in [0.4, 0.5) is 5.69 Å². The van der Waals surface area contributed by atoms with E-state index in [2.05, 4.69) is 9.76 Å². The fraction of sp³-hybridized carbons (Fsp3) is 0.143. The molecule has 6 heteroatoms. The molecule has 0 unspecified atom stereocenters. The van der Waals surface area contributed by atoms with Gasteiger partial charge in [-0.15, -0.1) is 4.28 Å². The molecule has 0 aliphatic heterocycles. The van der Waals surface area contributed by atoms with Crippen LogP contribution in [0.25, 0.3) is 0 Å². The van der Waals surface area contributed by atoms with E-state index in [0.717, 1.165) is 5.56 Å². The van der Waals surface area contributed by atoms with Crippen LogP contribution < -0.4 is 5.48 Å². The van der Waals surface area contributed by atoms with Crippen molar-refractivity contribution in [2.24, 2.45) is 0 Å². The molecule has 0 heterocycles. The normalized spacial score (nSPS) is 11.2. The second-order valence-corrected chi connectivity index (χ2v) is 4.53. The van der Waals surface area contributed by atoms with Gasteiger partial charge in [0.25, 0.3) is 0 Å². The summed E-state index contributed by atoms with van der Waals surface area (Å²) in [6, 6.07) is 6.98. The SMILES string of the molecule is Cc1ccc(NOS(=O)(=O)Cl)cc1. The molecule has 13 heavy (non-hydrogen) atoms. The third-order valence-electron chi connectivity index (χ3n) is 1.31. The Balaban J connectivity index is 2.61. The highest BCUT2D eigenvalue weighted by molar-refractivity contribution is 8.10. The fourth-order valence-electron chi connectivity index (χ4n) is 0.719. The maximum atomic E-state index is 10.4. The van der Waals surface area contributed by atoms with Crippen molar-refractivity contribution in [3.05, 3.63) is 29.8 Å². The summed E-state index contributed by atoms with van der Waals surface area (Å²) < 4.78 is 24.8. The number of anilines is 1. The zero-order valence-corrected chi connectivity index (χ0v) is 8.39. The van der Waals surface area contributed by atoms with Crippen molar-refractivity contribution >= 4 is 25.7 Å². The Morgan fingerprint density at radius 1 is 1.31 bits per heavy atom. The Labute approximate surface area is 81.1 Å². The van der Waals surface area contributed by atoms with Crippen molar-refractivity contribution in [1.29, 1.82) is 0 Å². The first-order valence-electron chi connectivity index (χ1n) is 3.43. The van der Waals surface area contributed by atoms with Crippen LogP contribution in [0.2, 0.25) is 0 Å². The summed E-state index contributed by atoms with van der Waals surface area (Å²) in [6.45, 7) is 1.92. The molecule has 4 nitrogen and oxygen atoms in total. The second-order valence-electron chi connectivity index (χ2n) is 2.44. The first kappa shape index (κ1) is 10.3. The van der Waals surface area contributed by atoms with E-state index >= 15 is 0 Å². The minimum atomic E-state index is -3.97. The van der Waals surface area contributed by atoms with Gasteiger partial charge in [0, 0.05) is 0 Å². The monoisotopic (exact) mass is 221 g/mol. The van der Waals surface area contributed by atoms with Crippen molar-refractivity contribution in [3.8, 4) is 0 Å². The largest absolute Gasteiger partial charge is 0.376 e. The number of hydrogen-bond acceptors (Lipinski definition) is 4. The predicted octanol–water partition coefficient (Wildman–Crippen LogP) is 1.82. The third kappa shape index (κ3) is 4.12. The minimum absolute atomic E-state index is 0.523. The lowest BCUT2D eigenvalue weighted by atomic mass is 10.2. The Bertz CT molecular complexity index is 373. The first-order valence-corrected chi connectivity index (χ1v) is 5.66. The van der Waals surface area contributed by atoms with Crippen LogP contribution in [-0.2, 0) is 13.6 Å². The zero-order chi connectivity index (χ0) is 9.90. The number of benzene rings is 1. The van der Waals surface area contributed by atoms with Crippen LogP contribution in [0, 0.1) is 6.92 Å². The Morgan fingerprint density at radius 3 is 2.31 bits per heavy atom. The smallest absolute Gasteiger partial charge is 0.248 e. The highest BCUT2D eigenvalue weighted by atomic mass is 35.7. The number of nitrogens with one attached hydrogen (secondary N) is 1. The average molecular weight is 222 g/mol.